The molecule has 4 heteroatoms. The van der Waals surface area contributed by atoms with Crippen molar-refractivity contribution in [3.05, 3.63) is 17.6 Å². The number of aryl methyl sites for hydroxylation is 2. The van der Waals surface area contributed by atoms with Gasteiger partial charge >= 0.3 is 0 Å². The Labute approximate surface area is 90.7 Å². The number of hydrazine groups is 1. The molecule has 1 saturated heterocycles. The van der Waals surface area contributed by atoms with Gasteiger partial charge in [-0.2, -0.15) is 0 Å². The molecule has 0 spiro atoms. The summed E-state index contributed by atoms with van der Waals surface area (Å²) in [6.45, 7) is 6.16. The minimum Gasteiger partial charge on any atom is -0.302 e. The summed E-state index contributed by atoms with van der Waals surface area (Å²) < 4.78 is 0. The number of piperidine rings is 1. The third-order valence-electron chi connectivity index (χ3n) is 2.70. The highest BCUT2D eigenvalue weighted by Gasteiger charge is 2.11. The SMILES string of the molecule is Cc1cnc(C)c(NN2CCCCC2)n1. The van der Waals surface area contributed by atoms with Crippen LogP contribution in [0.1, 0.15) is 30.7 Å². The van der Waals surface area contributed by atoms with Crippen LogP contribution >= 0.6 is 0 Å². The highest BCUT2D eigenvalue weighted by molar-refractivity contribution is 5.38. The molecule has 82 valence electrons. The lowest BCUT2D eigenvalue weighted by Crippen LogP contribution is -2.35. The van der Waals surface area contributed by atoms with E-state index in [1.807, 2.05) is 13.8 Å². The third kappa shape index (κ3) is 2.65. The average molecular weight is 206 g/mol. The van der Waals surface area contributed by atoms with E-state index in [9.17, 15) is 0 Å². The topological polar surface area (TPSA) is 41.1 Å². The molecule has 1 aliphatic rings. The van der Waals surface area contributed by atoms with Crippen molar-refractivity contribution in [1.82, 2.24) is 15.0 Å². The Bertz CT molecular complexity index is 331. The van der Waals surface area contributed by atoms with Crippen LogP contribution in [0.4, 0.5) is 5.82 Å². The van der Waals surface area contributed by atoms with Gasteiger partial charge in [0.15, 0.2) is 5.82 Å². The van der Waals surface area contributed by atoms with Gasteiger partial charge in [0.1, 0.15) is 0 Å². The van der Waals surface area contributed by atoms with Crippen LogP contribution in [-0.2, 0) is 0 Å². The van der Waals surface area contributed by atoms with Crippen LogP contribution in [0.15, 0.2) is 6.20 Å². The van der Waals surface area contributed by atoms with Gasteiger partial charge in [0.25, 0.3) is 0 Å². The first-order chi connectivity index (χ1) is 7.25. The minimum atomic E-state index is 0.900. The lowest BCUT2D eigenvalue weighted by atomic mass is 10.2. The van der Waals surface area contributed by atoms with Crippen LogP contribution in [0, 0.1) is 13.8 Å². The second-order valence-corrected chi connectivity index (χ2v) is 4.10. The normalized spacial score (nSPS) is 17.7. The summed E-state index contributed by atoms with van der Waals surface area (Å²) in [5.74, 6) is 0.900. The smallest absolute Gasteiger partial charge is 0.162 e. The second kappa shape index (κ2) is 4.57. The zero-order valence-electron chi connectivity index (χ0n) is 9.45. The minimum absolute atomic E-state index is 0.900. The quantitative estimate of drug-likeness (QED) is 0.802. The molecule has 0 aromatic carbocycles. The van der Waals surface area contributed by atoms with Crippen LogP contribution in [0.3, 0.4) is 0 Å². The van der Waals surface area contributed by atoms with Crippen molar-refractivity contribution in [2.75, 3.05) is 18.5 Å². The Morgan fingerprint density at radius 1 is 1.20 bits per heavy atom. The Morgan fingerprint density at radius 2 is 1.93 bits per heavy atom. The predicted molar refractivity (Wildman–Crippen MR) is 60.6 cm³/mol. The van der Waals surface area contributed by atoms with Gasteiger partial charge in [-0.3, -0.25) is 4.98 Å². The molecule has 2 heterocycles. The van der Waals surface area contributed by atoms with Crippen LogP contribution in [0.25, 0.3) is 0 Å². The van der Waals surface area contributed by atoms with E-state index >= 15 is 0 Å². The Hall–Kier alpha value is -1.16. The molecule has 1 N–H and O–H groups in total. The first kappa shape index (κ1) is 10.4. The number of anilines is 1. The Kier molecular flexibility index (Phi) is 3.16. The molecule has 1 fully saturated rings. The van der Waals surface area contributed by atoms with E-state index in [-0.39, 0.29) is 0 Å². The predicted octanol–water partition coefficient (Wildman–Crippen LogP) is 1.91. The zero-order valence-corrected chi connectivity index (χ0v) is 9.45. The second-order valence-electron chi connectivity index (χ2n) is 4.10. The van der Waals surface area contributed by atoms with Crippen molar-refractivity contribution in [3.8, 4) is 0 Å². The number of hydrogen-bond acceptors (Lipinski definition) is 4. The molecule has 0 amide bonds. The van der Waals surface area contributed by atoms with Crippen LogP contribution < -0.4 is 5.43 Å². The summed E-state index contributed by atoms with van der Waals surface area (Å²) in [7, 11) is 0. The van der Waals surface area contributed by atoms with E-state index in [2.05, 4.69) is 20.4 Å². The Morgan fingerprint density at radius 3 is 2.67 bits per heavy atom. The molecule has 1 aliphatic heterocycles. The lowest BCUT2D eigenvalue weighted by molar-refractivity contribution is 0.272. The summed E-state index contributed by atoms with van der Waals surface area (Å²) in [6.07, 6.45) is 5.68. The van der Waals surface area contributed by atoms with E-state index < -0.39 is 0 Å². The maximum Gasteiger partial charge on any atom is 0.162 e. The molecular formula is C11H18N4. The summed E-state index contributed by atoms with van der Waals surface area (Å²) in [4.78, 5) is 8.74. The summed E-state index contributed by atoms with van der Waals surface area (Å²) in [5.41, 5.74) is 5.27. The molecule has 0 bridgehead atoms. The van der Waals surface area contributed by atoms with Gasteiger partial charge in [0.2, 0.25) is 0 Å². The summed E-state index contributed by atoms with van der Waals surface area (Å²) >= 11 is 0. The molecule has 1 aromatic heterocycles. The van der Waals surface area contributed by atoms with Gasteiger partial charge < -0.3 is 5.43 Å². The van der Waals surface area contributed by atoms with Gasteiger partial charge in [0.05, 0.1) is 11.4 Å². The first-order valence-corrected chi connectivity index (χ1v) is 5.57. The van der Waals surface area contributed by atoms with E-state index in [1.54, 1.807) is 6.20 Å². The maximum atomic E-state index is 4.45. The fourth-order valence-electron chi connectivity index (χ4n) is 1.80. The number of hydrogen-bond donors (Lipinski definition) is 1. The summed E-state index contributed by atoms with van der Waals surface area (Å²) in [6, 6.07) is 0. The van der Waals surface area contributed by atoms with Crippen molar-refractivity contribution in [1.29, 1.82) is 0 Å². The Balaban J connectivity index is 2.05. The van der Waals surface area contributed by atoms with Crippen molar-refractivity contribution in [3.63, 3.8) is 0 Å². The van der Waals surface area contributed by atoms with Crippen molar-refractivity contribution in [2.45, 2.75) is 33.1 Å². The maximum absolute atomic E-state index is 4.45. The first-order valence-electron chi connectivity index (χ1n) is 5.57. The number of nitrogens with one attached hydrogen (secondary N) is 1. The van der Waals surface area contributed by atoms with Crippen molar-refractivity contribution >= 4 is 5.82 Å². The van der Waals surface area contributed by atoms with Gasteiger partial charge in [0, 0.05) is 19.3 Å². The largest absolute Gasteiger partial charge is 0.302 e. The van der Waals surface area contributed by atoms with Crippen LogP contribution in [0.2, 0.25) is 0 Å². The monoisotopic (exact) mass is 206 g/mol. The third-order valence-corrected chi connectivity index (χ3v) is 2.70. The molecule has 1 aromatic rings. The van der Waals surface area contributed by atoms with Gasteiger partial charge in [-0.15, -0.1) is 0 Å². The van der Waals surface area contributed by atoms with E-state index in [4.69, 9.17) is 0 Å². The molecule has 0 aliphatic carbocycles. The van der Waals surface area contributed by atoms with E-state index in [0.717, 1.165) is 30.3 Å². The number of rotatable bonds is 2. The fourth-order valence-corrected chi connectivity index (χ4v) is 1.80. The molecule has 0 unspecified atom stereocenters. The number of nitrogens with zero attached hydrogens (tertiary/aromatic N) is 3. The van der Waals surface area contributed by atoms with Gasteiger partial charge in [-0.1, -0.05) is 6.42 Å². The molecule has 0 saturated carbocycles. The van der Waals surface area contributed by atoms with Crippen LogP contribution in [0.5, 0.6) is 0 Å². The zero-order chi connectivity index (χ0) is 10.7. The van der Waals surface area contributed by atoms with Crippen molar-refractivity contribution < 1.29 is 0 Å². The molecule has 2 rings (SSSR count). The lowest BCUT2D eigenvalue weighted by Gasteiger charge is -2.27. The molecule has 0 atom stereocenters. The van der Waals surface area contributed by atoms with E-state index in [0.29, 0.717) is 0 Å². The molecule has 0 radical (unpaired) electrons. The van der Waals surface area contributed by atoms with Gasteiger partial charge in [-0.25, -0.2) is 9.99 Å². The molecular weight excluding hydrogens is 188 g/mol. The van der Waals surface area contributed by atoms with Crippen molar-refractivity contribution in [2.24, 2.45) is 0 Å². The highest BCUT2D eigenvalue weighted by atomic mass is 15.5. The van der Waals surface area contributed by atoms with E-state index in [1.165, 1.54) is 19.3 Å². The average Bonchev–Trinajstić information content (AvgIpc) is 2.25. The molecule has 4 nitrogen and oxygen atoms in total. The highest BCUT2D eigenvalue weighted by Crippen LogP contribution is 2.13. The van der Waals surface area contributed by atoms with Crippen LogP contribution in [-0.4, -0.2) is 28.1 Å². The standard InChI is InChI=1S/C11H18N4/c1-9-8-12-10(2)11(13-9)14-15-6-4-3-5-7-15/h8H,3-7H2,1-2H3,(H,13,14). The number of aromatic nitrogens is 2. The molecule has 15 heavy (non-hydrogen) atoms. The summed E-state index contributed by atoms with van der Waals surface area (Å²) in [5, 5.41) is 2.24. The van der Waals surface area contributed by atoms with Gasteiger partial charge in [-0.05, 0) is 26.7 Å². The fraction of sp³-hybridized carbons (Fsp3) is 0.636.